The Labute approximate surface area is 271 Å². The van der Waals surface area contributed by atoms with Crippen molar-refractivity contribution in [3.63, 3.8) is 0 Å². The Morgan fingerprint density at radius 1 is 0.478 bits per heavy atom. The first-order chi connectivity index (χ1) is 22.8. The fourth-order valence-electron chi connectivity index (χ4n) is 7.85. The Morgan fingerprint density at radius 3 is 1.93 bits per heavy atom. The molecule has 3 heterocycles. The van der Waals surface area contributed by atoms with Crippen molar-refractivity contribution < 1.29 is 4.42 Å². The van der Waals surface area contributed by atoms with Gasteiger partial charge in [0.2, 0.25) is 0 Å². The van der Waals surface area contributed by atoms with Crippen LogP contribution >= 0.6 is 11.8 Å². The van der Waals surface area contributed by atoms with E-state index in [1.165, 1.54) is 52.3 Å². The molecule has 10 rings (SSSR count). The molecule has 0 unspecified atom stereocenters. The third-order valence-electron chi connectivity index (χ3n) is 9.73. The van der Waals surface area contributed by atoms with E-state index < -0.39 is 8.07 Å². The van der Waals surface area contributed by atoms with Gasteiger partial charge in [-0.25, -0.2) is 0 Å². The minimum atomic E-state index is -2.65. The Hall–Kier alpha value is -5.29. The summed E-state index contributed by atoms with van der Waals surface area (Å²) in [4.78, 5) is 2.73. The van der Waals surface area contributed by atoms with Gasteiger partial charge in [0.15, 0.2) is 8.07 Å². The number of rotatable bonds is 3. The molecular weight excluding hydrogens is 595 g/mol. The first kappa shape index (κ1) is 26.0. The molecule has 0 spiro atoms. The molecule has 1 aliphatic heterocycles. The first-order valence-electron chi connectivity index (χ1n) is 15.7. The predicted octanol–water partition coefficient (Wildman–Crippen LogP) is 8.53. The smallest absolute Gasteiger partial charge is 0.181 e. The maximum absolute atomic E-state index is 6.21. The van der Waals surface area contributed by atoms with Gasteiger partial charge in [0.1, 0.15) is 11.2 Å². The number of benzene rings is 7. The second-order valence-corrected chi connectivity index (χ2v) is 16.8. The van der Waals surface area contributed by atoms with Crippen molar-refractivity contribution in [2.75, 3.05) is 0 Å². The molecule has 0 aliphatic carbocycles. The van der Waals surface area contributed by atoms with Gasteiger partial charge in [-0.3, -0.25) is 0 Å². The van der Waals surface area contributed by atoms with Gasteiger partial charge in [0.05, 0.1) is 11.0 Å². The van der Waals surface area contributed by atoms with Crippen molar-refractivity contribution in [1.29, 1.82) is 0 Å². The molecule has 1 aliphatic rings. The summed E-state index contributed by atoms with van der Waals surface area (Å²) < 4.78 is 8.65. The molecule has 216 valence electrons. The topological polar surface area (TPSA) is 18.1 Å². The van der Waals surface area contributed by atoms with Gasteiger partial charge in [-0.15, -0.1) is 0 Å². The van der Waals surface area contributed by atoms with Gasteiger partial charge in [0.25, 0.3) is 0 Å². The Balaban J connectivity index is 1.34. The molecule has 9 aromatic rings. The van der Waals surface area contributed by atoms with Crippen LogP contribution in [0.5, 0.6) is 0 Å². The van der Waals surface area contributed by atoms with Crippen LogP contribution in [0.2, 0.25) is 0 Å². The zero-order chi connectivity index (χ0) is 30.2. The summed E-state index contributed by atoms with van der Waals surface area (Å²) in [5.74, 6) is 0. The van der Waals surface area contributed by atoms with E-state index in [9.17, 15) is 0 Å². The van der Waals surface area contributed by atoms with Crippen molar-refractivity contribution in [2.45, 2.75) is 9.79 Å². The summed E-state index contributed by atoms with van der Waals surface area (Å²) in [5, 5.41) is 10.6. The normalized spacial score (nSPS) is 13.7. The largest absolute Gasteiger partial charge is 0.456 e. The molecule has 0 saturated carbocycles. The van der Waals surface area contributed by atoms with Crippen molar-refractivity contribution in [3.05, 3.63) is 164 Å². The van der Waals surface area contributed by atoms with E-state index in [4.69, 9.17) is 4.42 Å². The number of aromatic nitrogens is 1. The van der Waals surface area contributed by atoms with Gasteiger partial charge >= 0.3 is 0 Å². The predicted molar refractivity (Wildman–Crippen MR) is 196 cm³/mol. The molecule has 0 amide bonds. The highest BCUT2D eigenvalue weighted by molar-refractivity contribution is 8.00. The van der Waals surface area contributed by atoms with Crippen LogP contribution in [-0.2, 0) is 0 Å². The third-order valence-corrected chi connectivity index (χ3v) is 16.2. The van der Waals surface area contributed by atoms with Crippen LogP contribution < -0.4 is 20.7 Å². The van der Waals surface area contributed by atoms with E-state index in [2.05, 4.69) is 156 Å². The van der Waals surface area contributed by atoms with Gasteiger partial charge in [-0.1, -0.05) is 133 Å². The first-order valence-corrected chi connectivity index (χ1v) is 18.5. The number of fused-ring (bicyclic) bond motifs is 9. The lowest BCUT2D eigenvalue weighted by Crippen LogP contribution is -2.76. The lowest BCUT2D eigenvalue weighted by Gasteiger charge is -2.40. The minimum Gasteiger partial charge on any atom is -0.456 e. The fourth-order valence-corrected chi connectivity index (χ4v) is 15.0. The van der Waals surface area contributed by atoms with E-state index in [1.807, 2.05) is 23.9 Å². The molecule has 0 bridgehead atoms. The molecule has 0 radical (unpaired) electrons. The van der Waals surface area contributed by atoms with Crippen molar-refractivity contribution >= 4 is 84.3 Å². The van der Waals surface area contributed by atoms with E-state index in [0.29, 0.717) is 0 Å². The Bertz CT molecular complexity index is 2580. The van der Waals surface area contributed by atoms with Gasteiger partial charge in [-0.05, 0) is 63.2 Å². The lowest BCUT2D eigenvalue weighted by molar-refractivity contribution is 0.669. The summed E-state index contributed by atoms with van der Waals surface area (Å²) in [5.41, 5.74) is 5.41. The van der Waals surface area contributed by atoms with Crippen LogP contribution in [-0.4, -0.2) is 12.6 Å². The summed E-state index contributed by atoms with van der Waals surface area (Å²) in [6.45, 7) is 0. The van der Waals surface area contributed by atoms with Crippen molar-refractivity contribution in [1.82, 2.24) is 4.57 Å². The zero-order valence-corrected chi connectivity index (χ0v) is 26.7. The Morgan fingerprint density at radius 2 is 1.13 bits per heavy atom. The quantitative estimate of drug-likeness (QED) is 0.184. The average molecular weight is 622 g/mol. The van der Waals surface area contributed by atoms with E-state index >= 15 is 0 Å². The summed E-state index contributed by atoms with van der Waals surface area (Å²) in [7, 11) is -2.65. The van der Waals surface area contributed by atoms with Crippen molar-refractivity contribution in [2.24, 2.45) is 0 Å². The van der Waals surface area contributed by atoms with E-state index in [1.54, 1.807) is 0 Å². The number of hydrogen-bond donors (Lipinski definition) is 0. The molecular formula is C42H27NOSSi. The highest BCUT2D eigenvalue weighted by Crippen LogP contribution is 2.43. The van der Waals surface area contributed by atoms with Crippen molar-refractivity contribution in [3.8, 4) is 5.69 Å². The molecule has 4 heteroatoms. The highest BCUT2D eigenvalue weighted by atomic mass is 32.2. The maximum atomic E-state index is 6.21. The second kappa shape index (κ2) is 9.85. The van der Waals surface area contributed by atoms with Crippen LogP contribution in [0.1, 0.15) is 0 Å². The molecule has 0 fully saturated rings. The summed E-state index contributed by atoms with van der Waals surface area (Å²) in [6, 6.07) is 60.3. The van der Waals surface area contributed by atoms with E-state index in [-0.39, 0.29) is 0 Å². The second-order valence-electron chi connectivity index (χ2n) is 12.0. The molecule has 46 heavy (non-hydrogen) atoms. The maximum Gasteiger partial charge on any atom is 0.181 e. The molecule has 2 aromatic heterocycles. The van der Waals surface area contributed by atoms with Gasteiger partial charge in [-0.2, -0.15) is 0 Å². The van der Waals surface area contributed by atoms with E-state index in [0.717, 1.165) is 27.6 Å². The van der Waals surface area contributed by atoms with Crippen LogP contribution in [0.15, 0.2) is 178 Å². The van der Waals surface area contributed by atoms with Gasteiger partial charge in [0, 0.05) is 37.0 Å². The molecule has 0 atom stereocenters. The van der Waals surface area contributed by atoms with Crippen LogP contribution in [0.3, 0.4) is 0 Å². The fraction of sp³-hybridized carbons (Fsp3) is 0. The SMILES string of the molecule is c1ccc([Si]2(c3ccccc3)c3ccccc3Sc3c2ccc2c3c3ccccc3n2-c2ccc3oc4ccccc4c3c2)cc1. The molecule has 0 saturated heterocycles. The average Bonchev–Trinajstić information content (AvgIpc) is 3.67. The lowest BCUT2D eigenvalue weighted by atomic mass is 10.1. The summed E-state index contributed by atoms with van der Waals surface area (Å²) >= 11 is 1.94. The standard InChI is InChI=1S/C42H27NOSSi/c1-3-13-29(14-4-1)46(30-15-5-2-6-16-30)39-22-12-11-21-38(39)45-42-40(46)26-24-35-41(42)32-18-7-9-19-34(32)43(35)28-23-25-37-33(27-28)31-17-8-10-20-36(31)44-37/h1-27H. The third kappa shape index (κ3) is 3.48. The molecule has 7 aromatic carbocycles. The van der Waals surface area contributed by atoms with Crippen LogP contribution in [0.4, 0.5) is 0 Å². The number of nitrogens with zero attached hydrogens (tertiary/aromatic N) is 1. The van der Waals surface area contributed by atoms with Gasteiger partial charge < -0.3 is 8.98 Å². The summed E-state index contributed by atoms with van der Waals surface area (Å²) in [6.07, 6.45) is 0. The number of hydrogen-bond acceptors (Lipinski definition) is 2. The molecule has 2 nitrogen and oxygen atoms in total. The monoisotopic (exact) mass is 621 g/mol. The highest BCUT2D eigenvalue weighted by Gasteiger charge is 2.47. The van der Waals surface area contributed by atoms with Crippen LogP contribution in [0, 0.1) is 0 Å². The zero-order valence-electron chi connectivity index (χ0n) is 24.9. The Kier molecular flexibility index (Phi) is 5.56. The number of furan rings is 1. The van der Waals surface area contributed by atoms with Crippen LogP contribution in [0.25, 0.3) is 49.4 Å². The minimum absolute atomic E-state index is 0.914. The molecule has 0 N–H and O–H groups in total. The number of para-hydroxylation sites is 2.